The predicted octanol–water partition coefficient (Wildman–Crippen LogP) is 5.07. The molecule has 1 N–H and O–H groups in total. The van der Waals surface area contributed by atoms with Gasteiger partial charge in [-0.05, 0) is 71.4 Å². The first-order valence-corrected chi connectivity index (χ1v) is 14.8. The number of alkyl carbamates (subject to hydrolysis) is 1. The van der Waals surface area contributed by atoms with Crippen LogP contribution >= 0.6 is 0 Å². The molecule has 3 atom stereocenters. The first-order valence-electron chi connectivity index (χ1n) is 14.8. The lowest BCUT2D eigenvalue weighted by Crippen LogP contribution is -2.58. The van der Waals surface area contributed by atoms with Crippen LogP contribution in [0.4, 0.5) is 16.2 Å². The van der Waals surface area contributed by atoms with Crippen LogP contribution in [0.25, 0.3) is 10.9 Å². The van der Waals surface area contributed by atoms with E-state index in [4.69, 9.17) is 9.47 Å². The largest absolute Gasteiger partial charge is 0.491 e. The number of pyridine rings is 1. The quantitative estimate of drug-likeness (QED) is 0.468. The lowest BCUT2D eigenvalue weighted by atomic mass is 10.0. The number of carbonyl (C=O) groups is 1. The van der Waals surface area contributed by atoms with E-state index in [1.165, 1.54) is 5.56 Å². The molecule has 0 bridgehead atoms. The minimum absolute atomic E-state index is 0.222. The van der Waals surface area contributed by atoms with Crippen molar-refractivity contribution in [2.24, 2.45) is 0 Å². The fraction of sp³-hybridized carbons (Fsp3) is 0.485. The minimum atomic E-state index is -0.526. The van der Waals surface area contributed by atoms with Crippen LogP contribution in [0.15, 0.2) is 48.7 Å². The van der Waals surface area contributed by atoms with Crippen molar-refractivity contribution in [2.75, 3.05) is 42.6 Å². The maximum atomic E-state index is 12.5. The Balaban J connectivity index is 1.16. The van der Waals surface area contributed by atoms with Crippen molar-refractivity contribution in [2.45, 2.75) is 70.8 Å². The van der Waals surface area contributed by atoms with Crippen molar-refractivity contribution < 1.29 is 14.3 Å². The second-order valence-electron chi connectivity index (χ2n) is 13.2. The number of benzene rings is 2. The molecule has 9 heteroatoms. The van der Waals surface area contributed by atoms with E-state index in [0.29, 0.717) is 24.8 Å². The van der Waals surface area contributed by atoms with Crippen LogP contribution in [0.3, 0.4) is 0 Å². The van der Waals surface area contributed by atoms with Crippen LogP contribution in [0.1, 0.15) is 52.2 Å². The van der Waals surface area contributed by atoms with Gasteiger partial charge in [0, 0.05) is 73.4 Å². The zero-order valence-corrected chi connectivity index (χ0v) is 25.2. The summed E-state index contributed by atoms with van der Waals surface area (Å²) in [5.74, 6) is 0.933. The third-order valence-electron chi connectivity index (χ3n) is 8.63. The Morgan fingerprint density at radius 2 is 2.02 bits per heavy atom. The number of hydrogen-bond donors (Lipinski definition) is 1. The molecule has 0 saturated carbocycles. The van der Waals surface area contributed by atoms with Crippen LogP contribution in [0.2, 0.25) is 0 Å². The lowest BCUT2D eigenvalue weighted by Gasteiger charge is -2.45. The predicted molar refractivity (Wildman–Crippen MR) is 164 cm³/mol. The molecule has 1 aromatic heterocycles. The molecule has 9 nitrogen and oxygen atoms in total. The second kappa shape index (κ2) is 10.7. The van der Waals surface area contributed by atoms with Gasteiger partial charge in [0.1, 0.15) is 24.0 Å². The third-order valence-corrected chi connectivity index (χ3v) is 8.63. The number of rotatable bonds is 3. The molecule has 2 aromatic carbocycles. The molecular weight excluding hydrogens is 528 g/mol. The molecule has 220 valence electrons. The van der Waals surface area contributed by atoms with E-state index in [2.05, 4.69) is 75.2 Å². The Labute approximate surface area is 248 Å². The Morgan fingerprint density at radius 3 is 2.81 bits per heavy atom. The standard InChI is InChI=1S/C33H40N6O3/c1-22-17-38(28-11-9-23(16-34)30-27(28)7-6-13-35-30)19-26-20-41-29-15-25(10-8-24(29)18-39(22)26)37-14-12-33(5,21-37)36-31(40)42-32(2,3)4/h6-11,13,15,22,26H,12,14,17-21H2,1-5H3,(H,36,40)/t22-,26-,33+/m1/s1. The van der Waals surface area contributed by atoms with Crippen LogP contribution in [-0.4, -0.2) is 72.0 Å². The number of hydrogen-bond acceptors (Lipinski definition) is 8. The number of nitriles is 1. The third kappa shape index (κ3) is 5.56. The number of carbonyl (C=O) groups excluding carboxylic acids is 1. The molecule has 0 radical (unpaired) electrons. The number of amides is 1. The van der Waals surface area contributed by atoms with Crippen molar-refractivity contribution in [3.8, 4) is 11.8 Å². The summed E-state index contributed by atoms with van der Waals surface area (Å²) >= 11 is 0. The fourth-order valence-corrected chi connectivity index (χ4v) is 6.59. The Kier molecular flexibility index (Phi) is 7.14. The minimum Gasteiger partial charge on any atom is -0.491 e. The van der Waals surface area contributed by atoms with Gasteiger partial charge in [-0.1, -0.05) is 6.07 Å². The van der Waals surface area contributed by atoms with Crippen LogP contribution in [0.5, 0.6) is 5.75 Å². The molecule has 0 spiro atoms. The van der Waals surface area contributed by atoms with Gasteiger partial charge in [0.05, 0.1) is 22.7 Å². The summed E-state index contributed by atoms with van der Waals surface area (Å²) < 4.78 is 12.0. The molecule has 3 aliphatic heterocycles. The number of fused-ring (bicyclic) bond motifs is 3. The van der Waals surface area contributed by atoms with Gasteiger partial charge in [-0.3, -0.25) is 9.88 Å². The number of ether oxygens (including phenoxy) is 2. The van der Waals surface area contributed by atoms with Crippen LogP contribution in [0, 0.1) is 11.3 Å². The van der Waals surface area contributed by atoms with Gasteiger partial charge in [-0.15, -0.1) is 0 Å². The molecule has 6 rings (SSSR count). The normalized spacial score (nSPS) is 24.3. The molecule has 2 fully saturated rings. The summed E-state index contributed by atoms with van der Waals surface area (Å²) in [6.45, 7) is 14.7. The fourth-order valence-electron chi connectivity index (χ4n) is 6.59. The number of piperazine rings is 1. The molecule has 4 heterocycles. The van der Waals surface area contributed by atoms with E-state index in [-0.39, 0.29) is 17.7 Å². The van der Waals surface area contributed by atoms with Gasteiger partial charge in [0.15, 0.2) is 0 Å². The summed E-state index contributed by atoms with van der Waals surface area (Å²) in [5.41, 5.74) is 3.89. The summed E-state index contributed by atoms with van der Waals surface area (Å²) in [4.78, 5) is 24.3. The highest BCUT2D eigenvalue weighted by atomic mass is 16.6. The van der Waals surface area contributed by atoms with E-state index in [9.17, 15) is 10.1 Å². The monoisotopic (exact) mass is 568 g/mol. The van der Waals surface area contributed by atoms with Crippen molar-refractivity contribution in [3.05, 3.63) is 59.8 Å². The van der Waals surface area contributed by atoms with E-state index >= 15 is 0 Å². The molecule has 3 aromatic rings. The molecule has 2 saturated heterocycles. The van der Waals surface area contributed by atoms with E-state index in [0.717, 1.165) is 60.6 Å². The van der Waals surface area contributed by atoms with Crippen molar-refractivity contribution >= 4 is 28.4 Å². The SMILES string of the molecule is C[C@@H]1CN(c2ccc(C#N)c3ncccc23)C[C@@H]2COc3cc(N4CC[C@](C)(NC(=O)OC(C)(C)C)C4)ccc3CN21. The van der Waals surface area contributed by atoms with Crippen LogP contribution in [-0.2, 0) is 11.3 Å². The zero-order chi connectivity index (χ0) is 29.6. The maximum absolute atomic E-state index is 12.5. The Hall–Kier alpha value is -4.03. The Morgan fingerprint density at radius 1 is 1.19 bits per heavy atom. The number of aromatic nitrogens is 1. The van der Waals surface area contributed by atoms with Gasteiger partial charge >= 0.3 is 6.09 Å². The zero-order valence-electron chi connectivity index (χ0n) is 25.2. The number of nitrogens with zero attached hydrogens (tertiary/aromatic N) is 5. The van der Waals surface area contributed by atoms with Gasteiger partial charge in [-0.2, -0.15) is 5.26 Å². The number of anilines is 2. The first kappa shape index (κ1) is 28.1. The van der Waals surface area contributed by atoms with Gasteiger partial charge in [-0.25, -0.2) is 4.79 Å². The molecular formula is C33H40N6O3. The van der Waals surface area contributed by atoms with Gasteiger partial charge in [0.2, 0.25) is 0 Å². The molecule has 0 unspecified atom stereocenters. The van der Waals surface area contributed by atoms with Crippen molar-refractivity contribution in [1.29, 1.82) is 5.26 Å². The molecule has 1 amide bonds. The highest BCUT2D eigenvalue weighted by molar-refractivity contribution is 5.95. The Bertz CT molecular complexity index is 1550. The maximum Gasteiger partial charge on any atom is 0.408 e. The highest BCUT2D eigenvalue weighted by Crippen LogP contribution is 2.36. The van der Waals surface area contributed by atoms with Crippen molar-refractivity contribution in [3.63, 3.8) is 0 Å². The smallest absolute Gasteiger partial charge is 0.408 e. The molecule has 0 aliphatic carbocycles. The summed E-state index contributed by atoms with van der Waals surface area (Å²) in [7, 11) is 0. The van der Waals surface area contributed by atoms with E-state index < -0.39 is 5.60 Å². The van der Waals surface area contributed by atoms with Gasteiger partial charge < -0.3 is 24.6 Å². The van der Waals surface area contributed by atoms with Crippen LogP contribution < -0.4 is 19.9 Å². The van der Waals surface area contributed by atoms with E-state index in [1.807, 2.05) is 32.9 Å². The van der Waals surface area contributed by atoms with E-state index in [1.54, 1.807) is 6.20 Å². The molecule has 3 aliphatic rings. The number of nitrogens with one attached hydrogen (secondary N) is 1. The van der Waals surface area contributed by atoms with Crippen molar-refractivity contribution in [1.82, 2.24) is 15.2 Å². The summed E-state index contributed by atoms with van der Waals surface area (Å²) in [6, 6.07) is 17.3. The summed E-state index contributed by atoms with van der Waals surface area (Å²) in [5, 5.41) is 13.7. The average Bonchev–Trinajstić information content (AvgIpc) is 3.22. The van der Waals surface area contributed by atoms with Gasteiger partial charge in [0.25, 0.3) is 0 Å². The highest BCUT2D eigenvalue weighted by Gasteiger charge is 2.38. The average molecular weight is 569 g/mol. The lowest BCUT2D eigenvalue weighted by molar-refractivity contribution is 0.0473. The topological polar surface area (TPSA) is 94.0 Å². The molecule has 42 heavy (non-hydrogen) atoms. The second-order valence-corrected chi connectivity index (χ2v) is 13.2. The first-order chi connectivity index (χ1) is 20.0. The summed E-state index contributed by atoms with van der Waals surface area (Å²) in [6.07, 6.45) is 2.22.